The topological polar surface area (TPSA) is 33.1 Å². The van der Waals surface area contributed by atoms with Gasteiger partial charge in [-0.2, -0.15) is 5.10 Å². The molecule has 1 aromatic heterocycles. The largest absolute Gasteiger partial charge is 0.314 e. The molecule has 2 fully saturated rings. The van der Waals surface area contributed by atoms with Crippen LogP contribution in [-0.4, -0.2) is 40.4 Å². The van der Waals surface area contributed by atoms with Gasteiger partial charge in [0.2, 0.25) is 0 Å². The van der Waals surface area contributed by atoms with E-state index >= 15 is 0 Å². The monoisotopic (exact) mass is 262 g/mol. The first-order valence-electron chi connectivity index (χ1n) is 7.67. The summed E-state index contributed by atoms with van der Waals surface area (Å²) < 4.78 is 2.03. The summed E-state index contributed by atoms with van der Waals surface area (Å²) in [7, 11) is 2.06. The van der Waals surface area contributed by atoms with Gasteiger partial charge in [0.1, 0.15) is 0 Å². The van der Waals surface area contributed by atoms with E-state index in [-0.39, 0.29) is 0 Å². The molecule has 0 bridgehead atoms. The van der Waals surface area contributed by atoms with Crippen LogP contribution < -0.4 is 5.32 Å². The van der Waals surface area contributed by atoms with E-state index < -0.39 is 0 Å². The first kappa shape index (κ1) is 13.1. The second-order valence-electron chi connectivity index (χ2n) is 6.24. The molecule has 2 aliphatic heterocycles. The predicted molar refractivity (Wildman–Crippen MR) is 77.0 cm³/mol. The summed E-state index contributed by atoms with van der Waals surface area (Å²) in [5, 5.41) is 8.13. The van der Waals surface area contributed by atoms with Crippen molar-refractivity contribution in [2.24, 2.45) is 13.0 Å². The maximum atomic E-state index is 4.45. The third-order valence-electron chi connectivity index (χ3n) is 4.69. The maximum absolute atomic E-state index is 4.45. The summed E-state index contributed by atoms with van der Waals surface area (Å²) in [5.74, 6) is 0.852. The average Bonchev–Trinajstić information content (AvgIpc) is 3.01. The molecule has 1 aromatic rings. The average molecular weight is 262 g/mol. The number of piperidine rings is 1. The van der Waals surface area contributed by atoms with Crippen molar-refractivity contribution in [3.8, 4) is 0 Å². The fourth-order valence-electron chi connectivity index (χ4n) is 3.72. The lowest BCUT2D eigenvalue weighted by atomic mass is 9.90. The number of rotatable bonds is 3. The molecule has 2 aliphatic rings. The Balaban J connectivity index is 1.60. The molecular weight excluding hydrogens is 236 g/mol. The Labute approximate surface area is 116 Å². The second kappa shape index (κ2) is 5.63. The molecule has 106 valence electrons. The number of hydrogen-bond acceptors (Lipinski definition) is 3. The molecule has 2 atom stereocenters. The minimum absolute atomic E-state index is 0.774. The third kappa shape index (κ3) is 3.00. The van der Waals surface area contributed by atoms with Crippen LogP contribution in [0.5, 0.6) is 0 Å². The molecule has 19 heavy (non-hydrogen) atoms. The molecular formula is C15H26N4. The summed E-state index contributed by atoms with van der Waals surface area (Å²) >= 11 is 0. The lowest BCUT2D eigenvalue weighted by Crippen LogP contribution is -2.43. The third-order valence-corrected chi connectivity index (χ3v) is 4.69. The summed E-state index contributed by atoms with van der Waals surface area (Å²) in [6.07, 6.45) is 5.49. The normalized spacial score (nSPS) is 28.9. The van der Waals surface area contributed by atoms with Gasteiger partial charge in [-0.3, -0.25) is 9.58 Å². The Morgan fingerprint density at radius 1 is 1.37 bits per heavy atom. The molecule has 3 rings (SSSR count). The highest BCUT2D eigenvalue weighted by molar-refractivity contribution is 5.08. The summed E-state index contributed by atoms with van der Waals surface area (Å²) in [6, 6.07) is 2.99. The summed E-state index contributed by atoms with van der Waals surface area (Å²) in [6.45, 7) is 6.85. The molecule has 4 heteroatoms. The van der Waals surface area contributed by atoms with Crippen molar-refractivity contribution in [2.45, 2.75) is 45.2 Å². The minimum atomic E-state index is 0.774. The maximum Gasteiger partial charge on any atom is 0.0597 e. The van der Waals surface area contributed by atoms with Gasteiger partial charge in [-0.1, -0.05) is 0 Å². The quantitative estimate of drug-likeness (QED) is 0.900. The van der Waals surface area contributed by atoms with Crippen LogP contribution in [0.4, 0.5) is 0 Å². The van der Waals surface area contributed by atoms with Crippen molar-refractivity contribution >= 4 is 0 Å². The van der Waals surface area contributed by atoms with Crippen LogP contribution in [0.2, 0.25) is 0 Å². The Hall–Kier alpha value is -0.870. The van der Waals surface area contributed by atoms with Crippen molar-refractivity contribution < 1.29 is 0 Å². The van der Waals surface area contributed by atoms with E-state index in [1.807, 2.05) is 4.68 Å². The van der Waals surface area contributed by atoms with Crippen LogP contribution in [0.1, 0.15) is 37.1 Å². The molecule has 0 amide bonds. The van der Waals surface area contributed by atoms with Gasteiger partial charge in [-0.05, 0) is 57.7 Å². The van der Waals surface area contributed by atoms with Gasteiger partial charge in [0.05, 0.1) is 11.4 Å². The molecule has 1 N–H and O–H groups in total. The predicted octanol–water partition coefficient (Wildman–Crippen LogP) is 1.69. The molecule has 4 nitrogen and oxygen atoms in total. The molecule has 0 aromatic carbocycles. The molecule has 0 radical (unpaired) electrons. The number of aryl methyl sites for hydroxylation is 2. The first-order valence-corrected chi connectivity index (χ1v) is 7.67. The lowest BCUT2D eigenvalue weighted by Gasteiger charge is -2.35. The summed E-state index contributed by atoms with van der Waals surface area (Å²) in [5.41, 5.74) is 2.47. The van der Waals surface area contributed by atoms with Crippen LogP contribution in [0.15, 0.2) is 6.07 Å². The molecule has 3 heterocycles. The van der Waals surface area contributed by atoms with Crippen LogP contribution in [0, 0.1) is 12.8 Å². The zero-order valence-corrected chi connectivity index (χ0v) is 12.2. The van der Waals surface area contributed by atoms with Crippen molar-refractivity contribution in [2.75, 3.05) is 19.6 Å². The summed E-state index contributed by atoms with van der Waals surface area (Å²) in [4.78, 5) is 2.62. The molecule has 2 saturated heterocycles. The van der Waals surface area contributed by atoms with Crippen molar-refractivity contribution in [3.05, 3.63) is 17.5 Å². The minimum Gasteiger partial charge on any atom is -0.314 e. The Bertz CT molecular complexity index is 420. The zero-order valence-electron chi connectivity index (χ0n) is 12.2. The smallest absolute Gasteiger partial charge is 0.0597 e. The van der Waals surface area contributed by atoms with Crippen LogP contribution in [0.3, 0.4) is 0 Å². The number of likely N-dealkylation sites (tertiary alicyclic amines) is 1. The second-order valence-corrected chi connectivity index (χ2v) is 6.24. The first-order chi connectivity index (χ1) is 9.22. The molecule has 2 unspecified atom stereocenters. The van der Waals surface area contributed by atoms with Crippen LogP contribution >= 0.6 is 0 Å². The van der Waals surface area contributed by atoms with Crippen molar-refractivity contribution in [1.82, 2.24) is 20.0 Å². The number of nitrogens with zero attached hydrogens (tertiary/aromatic N) is 3. The van der Waals surface area contributed by atoms with E-state index in [1.54, 1.807) is 0 Å². The molecule has 0 spiro atoms. The van der Waals surface area contributed by atoms with Gasteiger partial charge < -0.3 is 5.32 Å². The van der Waals surface area contributed by atoms with Gasteiger partial charge >= 0.3 is 0 Å². The van der Waals surface area contributed by atoms with E-state index in [1.165, 1.54) is 51.0 Å². The number of aromatic nitrogens is 2. The lowest BCUT2D eigenvalue weighted by molar-refractivity contribution is 0.142. The molecule has 0 aliphatic carbocycles. The van der Waals surface area contributed by atoms with Gasteiger partial charge in [0, 0.05) is 26.2 Å². The Morgan fingerprint density at radius 2 is 2.26 bits per heavy atom. The van der Waals surface area contributed by atoms with E-state index in [4.69, 9.17) is 0 Å². The highest BCUT2D eigenvalue weighted by Gasteiger charge is 2.29. The highest BCUT2D eigenvalue weighted by Crippen LogP contribution is 2.25. The van der Waals surface area contributed by atoms with Gasteiger partial charge in [0.15, 0.2) is 0 Å². The van der Waals surface area contributed by atoms with Crippen LogP contribution in [-0.2, 0) is 13.6 Å². The fraction of sp³-hybridized carbons (Fsp3) is 0.800. The standard InChI is InChI=1S/C15H26N4/c1-12-9-14(18(2)17-12)11-19-8-4-5-13(10-19)15-6-3-7-16-15/h9,13,15-16H,3-8,10-11H2,1-2H3. The number of nitrogens with one attached hydrogen (secondary N) is 1. The van der Waals surface area contributed by atoms with E-state index in [9.17, 15) is 0 Å². The Morgan fingerprint density at radius 3 is 2.95 bits per heavy atom. The fourth-order valence-corrected chi connectivity index (χ4v) is 3.72. The van der Waals surface area contributed by atoms with E-state index in [0.717, 1.165) is 24.2 Å². The van der Waals surface area contributed by atoms with E-state index in [0.29, 0.717) is 0 Å². The van der Waals surface area contributed by atoms with E-state index in [2.05, 4.69) is 35.4 Å². The van der Waals surface area contributed by atoms with Gasteiger partial charge in [-0.25, -0.2) is 0 Å². The van der Waals surface area contributed by atoms with Crippen molar-refractivity contribution in [3.63, 3.8) is 0 Å². The molecule has 0 saturated carbocycles. The van der Waals surface area contributed by atoms with Crippen molar-refractivity contribution in [1.29, 1.82) is 0 Å². The van der Waals surface area contributed by atoms with Gasteiger partial charge in [-0.15, -0.1) is 0 Å². The zero-order chi connectivity index (χ0) is 13.2. The Kier molecular flexibility index (Phi) is 3.89. The van der Waals surface area contributed by atoms with Crippen LogP contribution in [0.25, 0.3) is 0 Å². The SMILES string of the molecule is Cc1cc(CN2CCCC(C3CCCN3)C2)n(C)n1. The van der Waals surface area contributed by atoms with Gasteiger partial charge in [0.25, 0.3) is 0 Å². The number of hydrogen-bond donors (Lipinski definition) is 1. The highest BCUT2D eigenvalue weighted by atomic mass is 15.3.